The van der Waals surface area contributed by atoms with Crippen molar-refractivity contribution in [3.63, 3.8) is 0 Å². The summed E-state index contributed by atoms with van der Waals surface area (Å²) in [5.74, 6) is 0.668. The molecule has 6 heteroatoms. The highest BCUT2D eigenvalue weighted by Gasteiger charge is 2.07. The van der Waals surface area contributed by atoms with E-state index in [0.29, 0.717) is 6.61 Å². The Morgan fingerprint density at radius 3 is 2.65 bits per heavy atom. The lowest BCUT2D eigenvalue weighted by atomic mass is 10.3. The minimum absolute atomic E-state index is 0.121. The zero-order valence-electron chi connectivity index (χ0n) is 11.4. The lowest BCUT2D eigenvalue weighted by Crippen LogP contribution is -2.19. The summed E-state index contributed by atoms with van der Waals surface area (Å²) in [5, 5.41) is 7.04. The summed E-state index contributed by atoms with van der Waals surface area (Å²) in [6, 6.07) is 7.28. The summed E-state index contributed by atoms with van der Waals surface area (Å²) in [6.45, 7) is 4.61. The highest BCUT2D eigenvalue weighted by atomic mass is 79.9. The molecule has 0 fully saturated rings. The zero-order chi connectivity index (χ0) is 14.5. The molecule has 0 saturated heterocycles. The van der Waals surface area contributed by atoms with Crippen LogP contribution in [0.15, 0.2) is 34.9 Å². The van der Waals surface area contributed by atoms with Gasteiger partial charge >= 0.3 is 0 Å². The average molecular weight is 338 g/mol. The van der Waals surface area contributed by atoms with E-state index in [2.05, 4.69) is 26.3 Å². The van der Waals surface area contributed by atoms with Crippen molar-refractivity contribution >= 4 is 27.5 Å². The number of amides is 1. The highest BCUT2D eigenvalue weighted by molar-refractivity contribution is 9.10. The quantitative estimate of drug-likeness (QED) is 0.912. The van der Waals surface area contributed by atoms with Crippen LogP contribution in [0.2, 0.25) is 0 Å². The van der Waals surface area contributed by atoms with Crippen molar-refractivity contribution in [1.29, 1.82) is 0 Å². The van der Waals surface area contributed by atoms with Gasteiger partial charge in [-0.3, -0.25) is 9.48 Å². The van der Waals surface area contributed by atoms with Gasteiger partial charge in [0, 0.05) is 11.9 Å². The Bertz CT molecular complexity index is 573. The van der Waals surface area contributed by atoms with Crippen molar-refractivity contribution in [2.24, 2.45) is 0 Å². The molecule has 0 unspecified atom stereocenters. The monoisotopic (exact) mass is 337 g/mol. The highest BCUT2D eigenvalue weighted by Crippen LogP contribution is 2.16. The number of anilines is 1. The Kier molecular flexibility index (Phi) is 4.79. The van der Waals surface area contributed by atoms with Gasteiger partial charge in [-0.2, -0.15) is 5.10 Å². The van der Waals surface area contributed by atoms with Crippen LogP contribution in [0.1, 0.15) is 12.6 Å². The number of nitrogens with zero attached hydrogens (tertiary/aromatic N) is 2. The Hall–Kier alpha value is -1.82. The molecular weight excluding hydrogens is 322 g/mol. The molecular formula is C14H16BrN3O2. The van der Waals surface area contributed by atoms with E-state index in [9.17, 15) is 4.79 Å². The third-order valence-electron chi connectivity index (χ3n) is 2.64. The van der Waals surface area contributed by atoms with Crippen molar-refractivity contribution in [2.45, 2.75) is 20.4 Å². The molecule has 0 saturated carbocycles. The average Bonchev–Trinajstić information content (AvgIpc) is 2.71. The molecule has 5 nitrogen and oxygen atoms in total. The lowest BCUT2D eigenvalue weighted by molar-refractivity contribution is -0.116. The molecule has 0 aliphatic rings. The number of halogens is 1. The molecule has 2 aromatic rings. The van der Waals surface area contributed by atoms with E-state index in [1.807, 2.05) is 38.1 Å². The van der Waals surface area contributed by atoms with E-state index in [1.165, 1.54) is 0 Å². The first-order valence-electron chi connectivity index (χ1n) is 6.30. The van der Waals surface area contributed by atoms with Gasteiger partial charge in [-0.1, -0.05) is 0 Å². The summed E-state index contributed by atoms with van der Waals surface area (Å²) in [6.07, 6.45) is 1.78. The van der Waals surface area contributed by atoms with Crippen molar-refractivity contribution in [1.82, 2.24) is 9.78 Å². The smallest absolute Gasteiger partial charge is 0.246 e. The Morgan fingerprint density at radius 2 is 2.10 bits per heavy atom. The fourth-order valence-corrected chi connectivity index (χ4v) is 2.04. The Morgan fingerprint density at radius 1 is 1.40 bits per heavy atom. The standard InChI is InChI=1S/C14H16BrN3O2/c1-3-20-12-6-4-11(5-7-12)16-14(19)9-18-8-13(15)10(2)17-18/h4-8H,3,9H2,1-2H3,(H,16,19). The number of hydrogen-bond acceptors (Lipinski definition) is 3. The van der Waals surface area contributed by atoms with E-state index in [1.54, 1.807) is 10.9 Å². The van der Waals surface area contributed by atoms with Crippen LogP contribution in [0, 0.1) is 6.92 Å². The van der Waals surface area contributed by atoms with Gasteiger partial charge in [0.15, 0.2) is 0 Å². The maximum Gasteiger partial charge on any atom is 0.246 e. The third kappa shape index (κ3) is 3.84. The van der Waals surface area contributed by atoms with Crippen LogP contribution in [0.5, 0.6) is 5.75 Å². The summed E-state index contributed by atoms with van der Waals surface area (Å²) >= 11 is 3.37. The molecule has 1 amide bonds. The molecule has 0 aliphatic heterocycles. The number of nitrogens with one attached hydrogen (secondary N) is 1. The number of carbonyl (C=O) groups is 1. The molecule has 106 valence electrons. The van der Waals surface area contributed by atoms with Gasteiger partial charge in [-0.15, -0.1) is 0 Å². The molecule has 20 heavy (non-hydrogen) atoms. The number of carbonyl (C=O) groups excluding carboxylic acids is 1. The Balaban J connectivity index is 1.93. The van der Waals surface area contributed by atoms with Crippen molar-refractivity contribution in [3.05, 3.63) is 40.6 Å². The molecule has 0 spiro atoms. The van der Waals surface area contributed by atoms with E-state index in [0.717, 1.165) is 21.6 Å². The van der Waals surface area contributed by atoms with Crippen LogP contribution < -0.4 is 10.1 Å². The van der Waals surface area contributed by atoms with E-state index in [-0.39, 0.29) is 12.5 Å². The van der Waals surface area contributed by atoms with E-state index < -0.39 is 0 Å². The number of aromatic nitrogens is 2. The third-order valence-corrected chi connectivity index (χ3v) is 3.42. The number of ether oxygens (including phenoxy) is 1. The molecule has 1 N–H and O–H groups in total. The van der Waals surface area contributed by atoms with Gasteiger partial charge in [0.2, 0.25) is 5.91 Å². The molecule has 0 aliphatic carbocycles. The molecule has 2 rings (SSSR count). The van der Waals surface area contributed by atoms with Gasteiger partial charge in [0.1, 0.15) is 12.3 Å². The van der Waals surface area contributed by atoms with Crippen molar-refractivity contribution in [3.8, 4) is 5.75 Å². The first-order chi connectivity index (χ1) is 9.58. The Labute approximate surface area is 126 Å². The fraction of sp³-hybridized carbons (Fsp3) is 0.286. The lowest BCUT2D eigenvalue weighted by Gasteiger charge is -2.07. The number of aryl methyl sites for hydroxylation is 1. The molecule has 0 bridgehead atoms. The first-order valence-corrected chi connectivity index (χ1v) is 7.10. The minimum atomic E-state index is -0.121. The minimum Gasteiger partial charge on any atom is -0.494 e. The maximum absolute atomic E-state index is 11.9. The zero-order valence-corrected chi connectivity index (χ0v) is 13.0. The van der Waals surface area contributed by atoms with Crippen molar-refractivity contribution < 1.29 is 9.53 Å². The summed E-state index contributed by atoms with van der Waals surface area (Å²) in [5.41, 5.74) is 1.60. The van der Waals surface area contributed by atoms with Crippen LogP contribution in [0.3, 0.4) is 0 Å². The maximum atomic E-state index is 11.9. The number of benzene rings is 1. The molecule has 1 aromatic heterocycles. The topological polar surface area (TPSA) is 56.1 Å². The van der Waals surface area contributed by atoms with Gasteiger partial charge in [0.05, 0.1) is 16.8 Å². The van der Waals surface area contributed by atoms with Crippen molar-refractivity contribution in [2.75, 3.05) is 11.9 Å². The van der Waals surface area contributed by atoms with Crippen LogP contribution in [0.25, 0.3) is 0 Å². The second kappa shape index (κ2) is 6.56. The normalized spacial score (nSPS) is 10.3. The molecule has 1 aromatic carbocycles. The second-order valence-corrected chi connectivity index (χ2v) is 5.12. The predicted octanol–water partition coefficient (Wildman–Crippen LogP) is 2.99. The van der Waals surface area contributed by atoms with Crippen LogP contribution in [-0.2, 0) is 11.3 Å². The molecule has 0 radical (unpaired) electrons. The van der Waals surface area contributed by atoms with Crippen LogP contribution >= 0.6 is 15.9 Å². The summed E-state index contributed by atoms with van der Waals surface area (Å²) in [4.78, 5) is 11.9. The van der Waals surface area contributed by atoms with Crippen LogP contribution in [0.4, 0.5) is 5.69 Å². The summed E-state index contributed by atoms with van der Waals surface area (Å²) in [7, 11) is 0. The van der Waals surface area contributed by atoms with E-state index in [4.69, 9.17) is 4.74 Å². The number of rotatable bonds is 5. The van der Waals surface area contributed by atoms with Crippen LogP contribution in [-0.4, -0.2) is 22.3 Å². The SMILES string of the molecule is CCOc1ccc(NC(=O)Cn2cc(Br)c(C)n2)cc1. The van der Waals surface area contributed by atoms with Gasteiger partial charge < -0.3 is 10.1 Å². The fourth-order valence-electron chi connectivity index (χ4n) is 1.72. The largest absolute Gasteiger partial charge is 0.494 e. The molecule has 0 atom stereocenters. The van der Waals surface area contributed by atoms with Gasteiger partial charge in [-0.25, -0.2) is 0 Å². The summed E-state index contributed by atoms with van der Waals surface area (Å²) < 4.78 is 7.84. The predicted molar refractivity (Wildman–Crippen MR) is 80.9 cm³/mol. The van der Waals surface area contributed by atoms with Gasteiger partial charge in [0.25, 0.3) is 0 Å². The van der Waals surface area contributed by atoms with Gasteiger partial charge in [-0.05, 0) is 54.0 Å². The second-order valence-electron chi connectivity index (χ2n) is 4.27. The van der Waals surface area contributed by atoms with E-state index >= 15 is 0 Å². The number of hydrogen-bond donors (Lipinski definition) is 1. The first kappa shape index (κ1) is 14.6. The molecule has 1 heterocycles.